The summed E-state index contributed by atoms with van der Waals surface area (Å²) in [5.41, 5.74) is 0. The van der Waals surface area contributed by atoms with Gasteiger partial charge in [-0.15, -0.1) is 0 Å². The van der Waals surface area contributed by atoms with Crippen LogP contribution >= 0.6 is 0 Å². The summed E-state index contributed by atoms with van der Waals surface area (Å²) in [5.74, 6) is -0.442. The zero-order valence-corrected chi connectivity index (χ0v) is 21.2. The number of esters is 1. The van der Waals surface area contributed by atoms with Gasteiger partial charge >= 0.3 is 5.97 Å². The molecule has 0 aromatic carbocycles. The quantitative estimate of drug-likeness (QED) is 0.0886. The van der Waals surface area contributed by atoms with E-state index < -0.39 is 5.97 Å². The van der Waals surface area contributed by atoms with E-state index in [1.807, 2.05) is 0 Å². The van der Waals surface area contributed by atoms with Crippen LogP contribution in [0.25, 0.3) is 0 Å². The zero-order chi connectivity index (χ0) is 24.1. The summed E-state index contributed by atoms with van der Waals surface area (Å²) in [7, 11) is 0. The highest BCUT2D eigenvalue weighted by Crippen LogP contribution is 2.11. The lowest BCUT2D eigenvalue weighted by Gasteiger charge is -2.08. The molecule has 0 heterocycles. The molecule has 0 fully saturated rings. The lowest BCUT2D eigenvalue weighted by molar-refractivity contribution is -0.139. The van der Waals surface area contributed by atoms with E-state index in [0.717, 1.165) is 19.1 Å². The Morgan fingerprint density at radius 3 is 1.24 bits per heavy atom. The van der Waals surface area contributed by atoms with Gasteiger partial charge in [0.15, 0.2) is 0 Å². The summed E-state index contributed by atoms with van der Waals surface area (Å²) >= 11 is 0. The molecule has 0 aliphatic carbocycles. The summed E-state index contributed by atoms with van der Waals surface area (Å²) in [4.78, 5) is 10.8. The summed E-state index contributed by atoms with van der Waals surface area (Å²) in [6.45, 7) is 11.3. The summed E-state index contributed by atoms with van der Waals surface area (Å²) in [5, 5.41) is 0. The van der Waals surface area contributed by atoms with Gasteiger partial charge < -0.3 is 28.4 Å². The number of ether oxygens (including phenoxy) is 6. The molecule has 196 valence electrons. The van der Waals surface area contributed by atoms with E-state index >= 15 is 0 Å². The van der Waals surface area contributed by atoms with Crippen LogP contribution in [0.4, 0.5) is 0 Å². The number of hydrogen-bond acceptors (Lipinski definition) is 7. The number of carbonyl (C=O) groups excluding carboxylic acids is 1. The molecule has 0 aliphatic heterocycles. The molecule has 0 radical (unpaired) electrons. The van der Waals surface area contributed by atoms with Crippen LogP contribution in [0.5, 0.6) is 0 Å². The Bertz CT molecular complexity index is 404. The molecule has 0 aromatic heterocycles. The first-order chi connectivity index (χ1) is 16.3. The van der Waals surface area contributed by atoms with E-state index in [9.17, 15) is 4.79 Å². The smallest absolute Gasteiger partial charge is 0.330 e. The predicted molar refractivity (Wildman–Crippen MR) is 132 cm³/mol. The molecule has 0 amide bonds. The van der Waals surface area contributed by atoms with Crippen molar-refractivity contribution in [3.8, 4) is 0 Å². The Hall–Kier alpha value is -0.990. The molecule has 0 aromatic rings. The van der Waals surface area contributed by atoms with Crippen LogP contribution < -0.4 is 0 Å². The average molecular weight is 475 g/mol. The van der Waals surface area contributed by atoms with E-state index in [1.165, 1.54) is 64.2 Å². The Balaban J connectivity index is 3.02. The van der Waals surface area contributed by atoms with Crippen LogP contribution in [-0.4, -0.2) is 78.6 Å². The van der Waals surface area contributed by atoms with E-state index in [1.54, 1.807) is 0 Å². The van der Waals surface area contributed by atoms with Gasteiger partial charge in [0.1, 0.15) is 6.61 Å². The molecule has 33 heavy (non-hydrogen) atoms. The summed E-state index contributed by atoms with van der Waals surface area (Å²) < 4.78 is 32.0. The van der Waals surface area contributed by atoms with Crippen LogP contribution in [0, 0.1) is 0 Å². The number of carbonyl (C=O) groups is 1. The molecule has 0 rings (SSSR count). The minimum absolute atomic E-state index is 0.221. The van der Waals surface area contributed by atoms with Gasteiger partial charge in [-0.1, -0.05) is 77.7 Å². The van der Waals surface area contributed by atoms with E-state index in [0.29, 0.717) is 59.5 Å². The second-order valence-corrected chi connectivity index (χ2v) is 7.97. The molecular formula is C26H50O7. The van der Waals surface area contributed by atoms with Crippen molar-refractivity contribution < 1.29 is 33.2 Å². The monoisotopic (exact) mass is 474 g/mol. The molecule has 0 spiro atoms. The van der Waals surface area contributed by atoms with Crippen LogP contribution in [0.2, 0.25) is 0 Å². The molecule has 0 N–H and O–H groups in total. The first-order valence-electron chi connectivity index (χ1n) is 13.0. The van der Waals surface area contributed by atoms with Crippen molar-refractivity contribution in [2.45, 2.75) is 77.6 Å². The van der Waals surface area contributed by atoms with Crippen LogP contribution in [0.1, 0.15) is 77.6 Å². The summed E-state index contributed by atoms with van der Waals surface area (Å²) in [6.07, 6.45) is 16.0. The van der Waals surface area contributed by atoms with Crippen molar-refractivity contribution in [1.29, 1.82) is 0 Å². The molecule has 7 nitrogen and oxygen atoms in total. The maximum absolute atomic E-state index is 10.8. The Labute approximate surface area is 202 Å². The molecule has 0 unspecified atom stereocenters. The SMILES string of the molecule is C=CC(=O)OCCOCCOCCOCCOCCOCCCCCCCCCCCCC. The lowest BCUT2D eigenvalue weighted by Crippen LogP contribution is -2.14. The van der Waals surface area contributed by atoms with Gasteiger partial charge in [0.25, 0.3) is 0 Å². The zero-order valence-electron chi connectivity index (χ0n) is 21.2. The fourth-order valence-corrected chi connectivity index (χ4v) is 3.11. The third-order valence-corrected chi connectivity index (χ3v) is 5.02. The number of unbranched alkanes of at least 4 members (excludes halogenated alkanes) is 10. The Morgan fingerprint density at radius 1 is 0.515 bits per heavy atom. The third kappa shape index (κ3) is 29.0. The fourth-order valence-electron chi connectivity index (χ4n) is 3.11. The Morgan fingerprint density at radius 2 is 0.848 bits per heavy atom. The van der Waals surface area contributed by atoms with Crippen molar-refractivity contribution >= 4 is 5.97 Å². The molecule has 7 heteroatoms. The molecule has 0 saturated carbocycles. The maximum atomic E-state index is 10.8. The van der Waals surface area contributed by atoms with Crippen LogP contribution in [0.15, 0.2) is 12.7 Å². The number of hydrogen-bond donors (Lipinski definition) is 0. The maximum Gasteiger partial charge on any atom is 0.330 e. The molecule has 0 aliphatic rings. The van der Waals surface area contributed by atoms with Crippen molar-refractivity contribution in [1.82, 2.24) is 0 Å². The highest BCUT2D eigenvalue weighted by molar-refractivity contribution is 5.81. The van der Waals surface area contributed by atoms with Crippen LogP contribution in [-0.2, 0) is 33.2 Å². The third-order valence-electron chi connectivity index (χ3n) is 5.02. The molecule has 0 saturated heterocycles. The van der Waals surface area contributed by atoms with E-state index in [4.69, 9.17) is 28.4 Å². The molecule has 0 bridgehead atoms. The van der Waals surface area contributed by atoms with Gasteiger partial charge in [-0.05, 0) is 6.42 Å². The highest BCUT2D eigenvalue weighted by atomic mass is 16.6. The van der Waals surface area contributed by atoms with Crippen molar-refractivity contribution in [2.75, 3.05) is 72.7 Å². The van der Waals surface area contributed by atoms with Gasteiger partial charge in [0.05, 0.1) is 59.5 Å². The van der Waals surface area contributed by atoms with Crippen molar-refractivity contribution in [2.24, 2.45) is 0 Å². The van der Waals surface area contributed by atoms with Gasteiger partial charge in [0.2, 0.25) is 0 Å². The van der Waals surface area contributed by atoms with E-state index in [-0.39, 0.29) is 6.61 Å². The average Bonchev–Trinajstić information content (AvgIpc) is 2.83. The fraction of sp³-hybridized carbons (Fsp3) is 0.885. The minimum atomic E-state index is -0.442. The van der Waals surface area contributed by atoms with Crippen LogP contribution in [0.3, 0.4) is 0 Å². The normalized spacial score (nSPS) is 11.1. The second-order valence-electron chi connectivity index (χ2n) is 7.97. The van der Waals surface area contributed by atoms with Gasteiger partial charge in [-0.3, -0.25) is 0 Å². The first-order valence-corrected chi connectivity index (χ1v) is 13.0. The van der Waals surface area contributed by atoms with E-state index in [2.05, 4.69) is 13.5 Å². The number of rotatable bonds is 28. The predicted octanol–water partition coefficient (Wildman–Crippen LogP) is 5.11. The molecular weight excluding hydrogens is 424 g/mol. The summed E-state index contributed by atoms with van der Waals surface area (Å²) in [6, 6.07) is 0. The Kier molecular flexibility index (Phi) is 28.2. The van der Waals surface area contributed by atoms with Crippen molar-refractivity contribution in [3.63, 3.8) is 0 Å². The molecule has 0 atom stereocenters. The van der Waals surface area contributed by atoms with Crippen molar-refractivity contribution in [3.05, 3.63) is 12.7 Å². The van der Waals surface area contributed by atoms with Gasteiger partial charge in [0, 0.05) is 12.7 Å². The topological polar surface area (TPSA) is 72.5 Å². The second kappa shape index (κ2) is 29.0. The first kappa shape index (κ1) is 32.0. The largest absolute Gasteiger partial charge is 0.460 e. The lowest BCUT2D eigenvalue weighted by atomic mass is 10.1. The minimum Gasteiger partial charge on any atom is -0.460 e. The highest BCUT2D eigenvalue weighted by Gasteiger charge is 1.97. The standard InChI is InChI=1S/C26H50O7/c1-3-5-6-7-8-9-10-11-12-13-14-15-28-16-17-29-18-19-30-20-21-31-22-23-32-24-25-33-26(27)4-2/h4H,2-3,5-25H2,1H3. The van der Waals surface area contributed by atoms with Gasteiger partial charge in [-0.25, -0.2) is 4.79 Å². The van der Waals surface area contributed by atoms with Gasteiger partial charge in [-0.2, -0.15) is 0 Å².